The molecule has 0 spiro atoms. The number of rotatable bonds is 8. The molecule has 2 N–H and O–H groups in total. The zero-order valence-corrected chi connectivity index (χ0v) is 17.2. The number of benzene rings is 3. The van der Waals surface area contributed by atoms with Crippen molar-refractivity contribution in [3.05, 3.63) is 102 Å². The molecule has 154 valence electrons. The third kappa shape index (κ3) is 5.78. The van der Waals surface area contributed by atoms with Gasteiger partial charge in [-0.05, 0) is 41.3 Å². The Bertz CT molecular complexity index is 955. The molecule has 0 saturated heterocycles. The highest BCUT2D eigenvalue weighted by atomic mass is 16.6. The molecule has 0 unspecified atom stereocenters. The first kappa shape index (κ1) is 21.3. The SMILES string of the molecule is CC(C)[C@H](C(=O)Nc1ccc(C(=O)NOCc2ccccc2)cc1)c1ccccc1. The highest BCUT2D eigenvalue weighted by Crippen LogP contribution is 2.26. The standard InChI is InChI=1S/C25H26N2O3/c1-18(2)23(20-11-7-4-8-12-20)25(29)26-22-15-13-21(14-16-22)24(28)27-30-17-19-9-5-3-6-10-19/h3-16,18,23H,17H2,1-2H3,(H,26,29)(H,27,28)/t23-/m0/s1. The van der Waals surface area contributed by atoms with Crippen LogP contribution in [-0.2, 0) is 16.2 Å². The average Bonchev–Trinajstić information content (AvgIpc) is 2.75. The van der Waals surface area contributed by atoms with Gasteiger partial charge in [-0.1, -0.05) is 74.5 Å². The van der Waals surface area contributed by atoms with Crippen molar-refractivity contribution >= 4 is 17.5 Å². The summed E-state index contributed by atoms with van der Waals surface area (Å²) in [5.41, 5.74) is 5.48. The van der Waals surface area contributed by atoms with Crippen LogP contribution in [0.15, 0.2) is 84.9 Å². The highest BCUT2D eigenvalue weighted by molar-refractivity contribution is 5.97. The van der Waals surface area contributed by atoms with Gasteiger partial charge >= 0.3 is 0 Å². The Balaban J connectivity index is 1.56. The molecule has 5 heteroatoms. The summed E-state index contributed by atoms with van der Waals surface area (Å²) >= 11 is 0. The highest BCUT2D eigenvalue weighted by Gasteiger charge is 2.24. The van der Waals surface area contributed by atoms with Crippen molar-refractivity contribution in [2.75, 3.05) is 5.32 Å². The first-order valence-corrected chi connectivity index (χ1v) is 9.96. The molecule has 3 rings (SSSR count). The number of amides is 2. The van der Waals surface area contributed by atoms with Crippen LogP contribution in [0.3, 0.4) is 0 Å². The smallest absolute Gasteiger partial charge is 0.274 e. The van der Waals surface area contributed by atoms with E-state index in [0.29, 0.717) is 11.3 Å². The van der Waals surface area contributed by atoms with Gasteiger partial charge in [0.1, 0.15) is 0 Å². The van der Waals surface area contributed by atoms with E-state index < -0.39 is 0 Å². The van der Waals surface area contributed by atoms with Gasteiger partial charge in [0.05, 0.1) is 12.5 Å². The first-order chi connectivity index (χ1) is 14.5. The summed E-state index contributed by atoms with van der Waals surface area (Å²) in [6.45, 7) is 4.34. The number of anilines is 1. The van der Waals surface area contributed by atoms with Crippen LogP contribution >= 0.6 is 0 Å². The molecule has 30 heavy (non-hydrogen) atoms. The molecule has 0 bridgehead atoms. The monoisotopic (exact) mass is 402 g/mol. The van der Waals surface area contributed by atoms with E-state index in [2.05, 4.69) is 10.8 Å². The van der Waals surface area contributed by atoms with Crippen molar-refractivity contribution in [3.63, 3.8) is 0 Å². The second-order valence-electron chi connectivity index (χ2n) is 7.40. The molecule has 0 heterocycles. The van der Waals surface area contributed by atoms with E-state index in [1.54, 1.807) is 24.3 Å². The molecular formula is C25H26N2O3. The van der Waals surface area contributed by atoms with Gasteiger partial charge in [0, 0.05) is 11.3 Å². The predicted octanol–water partition coefficient (Wildman–Crippen LogP) is 4.93. The lowest BCUT2D eigenvalue weighted by atomic mass is 9.87. The molecule has 0 aliphatic rings. The number of hydroxylamine groups is 1. The van der Waals surface area contributed by atoms with E-state index in [1.807, 2.05) is 74.5 Å². The van der Waals surface area contributed by atoms with Crippen molar-refractivity contribution in [3.8, 4) is 0 Å². The zero-order valence-electron chi connectivity index (χ0n) is 17.2. The number of carbonyl (C=O) groups excluding carboxylic acids is 2. The minimum Gasteiger partial charge on any atom is -0.326 e. The van der Waals surface area contributed by atoms with Gasteiger partial charge in [-0.2, -0.15) is 0 Å². The van der Waals surface area contributed by atoms with E-state index in [4.69, 9.17) is 4.84 Å². The Labute approximate surface area is 177 Å². The third-order valence-electron chi connectivity index (χ3n) is 4.77. The van der Waals surface area contributed by atoms with Crippen LogP contribution in [0.4, 0.5) is 5.69 Å². The molecule has 5 nitrogen and oxygen atoms in total. The fraction of sp³-hybridized carbons (Fsp3) is 0.200. The predicted molar refractivity (Wildman–Crippen MR) is 118 cm³/mol. The molecule has 0 aliphatic carbocycles. The summed E-state index contributed by atoms with van der Waals surface area (Å²) in [4.78, 5) is 30.3. The lowest BCUT2D eigenvalue weighted by molar-refractivity contribution is -0.118. The molecular weight excluding hydrogens is 376 g/mol. The van der Waals surface area contributed by atoms with Crippen molar-refractivity contribution in [2.45, 2.75) is 26.4 Å². The largest absolute Gasteiger partial charge is 0.326 e. The van der Waals surface area contributed by atoms with Crippen LogP contribution in [-0.4, -0.2) is 11.8 Å². The van der Waals surface area contributed by atoms with Crippen molar-refractivity contribution < 1.29 is 14.4 Å². The van der Waals surface area contributed by atoms with Crippen LogP contribution in [0.1, 0.15) is 41.3 Å². The van der Waals surface area contributed by atoms with E-state index in [1.165, 1.54) is 0 Å². The lowest BCUT2D eigenvalue weighted by Gasteiger charge is -2.20. The van der Waals surface area contributed by atoms with Crippen molar-refractivity contribution in [1.82, 2.24) is 5.48 Å². The van der Waals surface area contributed by atoms with Gasteiger partial charge in [-0.15, -0.1) is 0 Å². The topological polar surface area (TPSA) is 67.4 Å². The van der Waals surface area contributed by atoms with Crippen LogP contribution in [0, 0.1) is 5.92 Å². The third-order valence-corrected chi connectivity index (χ3v) is 4.77. The number of hydrogen-bond donors (Lipinski definition) is 2. The Hall–Kier alpha value is -3.44. The molecule has 1 atom stereocenters. The maximum absolute atomic E-state index is 12.8. The van der Waals surface area contributed by atoms with Gasteiger partial charge in [0.25, 0.3) is 5.91 Å². The molecule has 0 aliphatic heterocycles. The van der Waals surface area contributed by atoms with Gasteiger partial charge in [0.2, 0.25) is 5.91 Å². The maximum atomic E-state index is 12.8. The Kier molecular flexibility index (Phi) is 7.35. The Morgan fingerprint density at radius 1 is 0.833 bits per heavy atom. The van der Waals surface area contributed by atoms with Crippen LogP contribution in [0.25, 0.3) is 0 Å². The fourth-order valence-electron chi connectivity index (χ4n) is 3.24. The quantitative estimate of drug-likeness (QED) is 0.525. The average molecular weight is 402 g/mol. The summed E-state index contributed by atoms with van der Waals surface area (Å²) in [5, 5.41) is 2.95. The van der Waals surface area contributed by atoms with Gasteiger partial charge in [-0.25, -0.2) is 5.48 Å². The summed E-state index contributed by atoms with van der Waals surface area (Å²) in [6.07, 6.45) is 0. The maximum Gasteiger partial charge on any atom is 0.274 e. The van der Waals surface area contributed by atoms with E-state index >= 15 is 0 Å². The molecule has 0 saturated carbocycles. The number of nitrogens with one attached hydrogen (secondary N) is 2. The minimum absolute atomic E-state index is 0.0698. The molecule has 3 aromatic rings. The van der Waals surface area contributed by atoms with Gasteiger partial charge in [0.15, 0.2) is 0 Å². The second kappa shape index (κ2) is 10.4. The fourth-order valence-corrected chi connectivity index (χ4v) is 3.24. The van der Waals surface area contributed by atoms with Crippen LogP contribution in [0.2, 0.25) is 0 Å². The van der Waals surface area contributed by atoms with E-state index in [-0.39, 0.29) is 30.3 Å². The zero-order chi connectivity index (χ0) is 21.3. The van der Waals surface area contributed by atoms with Crippen LogP contribution < -0.4 is 10.8 Å². The lowest BCUT2D eigenvalue weighted by Crippen LogP contribution is -2.25. The van der Waals surface area contributed by atoms with E-state index in [0.717, 1.165) is 11.1 Å². The number of hydrogen-bond acceptors (Lipinski definition) is 3. The molecule has 0 aromatic heterocycles. The first-order valence-electron chi connectivity index (χ1n) is 9.96. The van der Waals surface area contributed by atoms with Crippen molar-refractivity contribution in [1.29, 1.82) is 0 Å². The Morgan fingerprint density at radius 2 is 1.43 bits per heavy atom. The number of carbonyl (C=O) groups is 2. The van der Waals surface area contributed by atoms with Crippen LogP contribution in [0.5, 0.6) is 0 Å². The second-order valence-corrected chi connectivity index (χ2v) is 7.40. The van der Waals surface area contributed by atoms with Crippen molar-refractivity contribution in [2.24, 2.45) is 5.92 Å². The van der Waals surface area contributed by atoms with Gasteiger partial charge < -0.3 is 5.32 Å². The summed E-state index contributed by atoms with van der Waals surface area (Å²) < 4.78 is 0. The molecule has 3 aromatic carbocycles. The summed E-state index contributed by atoms with van der Waals surface area (Å²) in [6, 6.07) is 26.1. The molecule has 2 amide bonds. The summed E-state index contributed by atoms with van der Waals surface area (Å²) in [5.74, 6) is -0.507. The molecule has 0 radical (unpaired) electrons. The normalized spacial score (nSPS) is 11.7. The molecule has 0 fully saturated rings. The van der Waals surface area contributed by atoms with E-state index in [9.17, 15) is 9.59 Å². The Morgan fingerprint density at radius 3 is 2.03 bits per heavy atom. The van der Waals surface area contributed by atoms with Gasteiger partial charge in [-0.3, -0.25) is 14.4 Å². The minimum atomic E-state index is -0.340. The summed E-state index contributed by atoms with van der Waals surface area (Å²) in [7, 11) is 0.